The zero-order valence-corrected chi connectivity index (χ0v) is 12.8. The first-order valence-corrected chi connectivity index (χ1v) is 7.71. The summed E-state index contributed by atoms with van der Waals surface area (Å²) in [6.07, 6.45) is 1.72. The summed E-state index contributed by atoms with van der Waals surface area (Å²) in [5, 5.41) is 11.5. The second-order valence-electron chi connectivity index (χ2n) is 6.24. The Morgan fingerprint density at radius 1 is 1.00 bits per heavy atom. The highest BCUT2D eigenvalue weighted by molar-refractivity contribution is 5.79. The standard InChI is InChI=1S/C19H21NO2/c1-15-12-18(21)20(22)19(15,13-16-8-4-2-5-9-16)14-17-10-6-3-7-11-17/h2-11,15,22H,12-14H2,1H3/t15-/m0/s1. The number of rotatable bonds is 4. The van der Waals surface area contributed by atoms with Gasteiger partial charge in [0.2, 0.25) is 5.91 Å². The first-order chi connectivity index (χ1) is 10.6. The third kappa shape index (κ3) is 2.64. The van der Waals surface area contributed by atoms with Crippen molar-refractivity contribution in [1.29, 1.82) is 0 Å². The molecule has 2 aromatic carbocycles. The van der Waals surface area contributed by atoms with E-state index in [-0.39, 0.29) is 11.8 Å². The Morgan fingerprint density at radius 3 is 1.82 bits per heavy atom. The lowest BCUT2D eigenvalue weighted by Gasteiger charge is -2.38. The molecule has 0 aromatic heterocycles. The molecule has 1 heterocycles. The highest BCUT2D eigenvalue weighted by atomic mass is 16.5. The zero-order valence-electron chi connectivity index (χ0n) is 12.8. The second kappa shape index (κ2) is 5.93. The topological polar surface area (TPSA) is 40.5 Å². The molecular formula is C19H21NO2. The van der Waals surface area contributed by atoms with E-state index < -0.39 is 5.54 Å². The summed E-state index contributed by atoms with van der Waals surface area (Å²) in [6, 6.07) is 20.1. The van der Waals surface area contributed by atoms with Gasteiger partial charge in [0.15, 0.2) is 0 Å². The fraction of sp³-hybridized carbons (Fsp3) is 0.316. The van der Waals surface area contributed by atoms with Crippen molar-refractivity contribution in [3.05, 3.63) is 71.8 Å². The van der Waals surface area contributed by atoms with Gasteiger partial charge >= 0.3 is 0 Å². The maximum Gasteiger partial charge on any atom is 0.246 e. The molecule has 0 radical (unpaired) electrons. The average Bonchev–Trinajstić information content (AvgIpc) is 2.73. The molecule has 0 unspecified atom stereocenters. The third-order valence-corrected chi connectivity index (χ3v) is 4.76. The van der Waals surface area contributed by atoms with E-state index in [4.69, 9.17) is 0 Å². The Kier molecular flexibility index (Phi) is 3.99. The molecule has 3 nitrogen and oxygen atoms in total. The first-order valence-electron chi connectivity index (χ1n) is 7.71. The molecule has 3 heteroatoms. The molecule has 0 spiro atoms. The zero-order chi connectivity index (χ0) is 15.6. The van der Waals surface area contributed by atoms with Gasteiger partial charge in [-0.25, -0.2) is 5.06 Å². The molecule has 1 amide bonds. The number of amides is 1. The smallest absolute Gasteiger partial charge is 0.246 e. The van der Waals surface area contributed by atoms with Crippen LogP contribution in [0.2, 0.25) is 0 Å². The Bertz CT molecular complexity index is 597. The number of carbonyl (C=O) groups is 1. The molecule has 1 N–H and O–H groups in total. The molecule has 1 aliphatic heterocycles. The molecule has 2 aromatic rings. The lowest BCUT2D eigenvalue weighted by Crippen LogP contribution is -2.50. The van der Waals surface area contributed by atoms with Crippen LogP contribution in [-0.4, -0.2) is 21.7 Å². The van der Waals surface area contributed by atoms with E-state index in [9.17, 15) is 10.0 Å². The summed E-state index contributed by atoms with van der Waals surface area (Å²) < 4.78 is 0. The van der Waals surface area contributed by atoms with Crippen LogP contribution in [-0.2, 0) is 17.6 Å². The quantitative estimate of drug-likeness (QED) is 0.877. The van der Waals surface area contributed by atoms with Gasteiger partial charge in [-0.05, 0) is 29.9 Å². The minimum Gasteiger partial charge on any atom is -0.285 e. The van der Waals surface area contributed by atoms with Gasteiger partial charge < -0.3 is 0 Å². The normalized spacial score (nSPS) is 20.4. The maximum atomic E-state index is 12.1. The van der Waals surface area contributed by atoms with E-state index in [1.54, 1.807) is 0 Å². The van der Waals surface area contributed by atoms with Crippen molar-refractivity contribution in [3.63, 3.8) is 0 Å². The highest BCUT2D eigenvalue weighted by Gasteiger charge is 2.50. The summed E-state index contributed by atoms with van der Waals surface area (Å²) >= 11 is 0. The number of hydroxylamine groups is 2. The largest absolute Gasteiger partial charge is 0.285 e. The van der Waals surface area contributed by atoms with Gasteiger partial charge in [0, 0.05) is 6.42 Å². The van der Waals surface area contributed by atoms with E-state index >= 15 is 0 Å². The molecule has 1 atom stereocenters. The molecule has 0 aliphatic carbocycles. The fourth-order valence-electron chi connectivity index (χ4n) is 3.45. The van der Waals surface area contributed by atoms with Crippen molar-refractivity contribution >= 4 is 5.91 Å². The van der Waals surface area contributed by atoms with Crippen LogP contribution in [0.3, 0.4) is 0 Å². The average molecular weight is 295 g/mol. The van der Waals surface area contributed by atoms with Crippen molar-refractivity contribution in [1.82, 2.24) is 5.06 Å². The van der Waals surface area contributed by atoms with Crippen molar-refractivity contribution in [2.24, 2.45) is 5.92 Å². The SMILES string of the molecule is C[C@H]1CC(=O)N(O)C1(Cc1ccccc1)Cc1ccccc1. The van der Waals surface area contributed by atoms with Crippen LogP contribution in [0.4, 0.5) is 0 Å². The predicted octanol–water partition coefficient (Wildman–Crippen LogP) is 3.47. The van der Waals surface area contributed by atoms with Gasteiger partial charge in [-0.3, -0.25) is 10.0 Å². The van der Waals surface area contributed by atoms with Crippen molar-refractivity contribution in [3.8, 4) is 0 Å². The van der Waals surface area contributed by atoms with Crippen molar-refractivity contribution in [2.45, 2.75) is 31.7 Å². The minimum atomic E-state index is -0.570. The fourth-order valence-corrected chi connectivity index (χ4v) is 3.45. The molecule has 1 saturated heterocycles. The van der Waals surface area contributed by atoms with Crippen molar-refractivity contribution < 1.29 is 10.0 Å². The lowest BCUT2D eigenvalue weighted by atomic mass is 9.77. The highest BCUT2D eigenvalue weighted by Crippen LogP contribution is 2.39. The van der Waals surface area contributed by atoms with E-state index in [1.165, 1.54) is 0 Å². The van der Waals surface area contributed by atoms with Crippen LogP contribution < -0.4 is 0 Å². The molecule has 1 fully saturated rings. The molecule has 3 rings (SSSR count). The van der Waals surface area contributed by atoms with E-state index in [0.29, 0.717) is 19.3 Å². The molecule has 0 bridgehead atoms. The first kappa shape index (κ1) is 14.8. The third-order valence-electron chi connectivity index (χ3n) is 4.76. The Hall–Kier alpha value is -2.13. The number of hydrogen-bond donors (Lipinski definition) is 1. The number of hydrogen-bond acceptors (Lipinski definition) is 2. The predicted molar refractivity (Wildman–Crippen MR) is 85.4 cm³/mol. The molecular weight excluding hydrogens is 274 g/mol. The monoisotopic (exact) mass is 295 g/mol. The summed E-state index contributed by atoms with van der Waals surface area (Å²) in [5.41, 5.74) is 1.71. The molecule has 1 aliphatic rings. The van der Waals surface area contributed by atoms with Crippen LogP contribution in [0.15, 0.2) is 60.7 Å². The van der Waals surface area contributed by atoms with Crippen LogP contribution in [0.25, 0.3) is 0 Å². The number of benzene rings is 2. The minimum absolute atomic E-state index is 0.102. The number of nitrogens with zero attached hydrogens (tertiary/aromatic N) is 1. The molecule has 114 valence electrons. The van der Waals surface area contributed by atoms with Gasteiger partial charge in [0.05, 0.1) is 5.54 Å². The Balaban J connectivity index is 1.97. The number of carbonyl (C=O) groups excluding carboxylic acids is 1. The van der Waals surface area contributed by atoms with E-state index in [0.717, 1.165) is 16.2 Å². The van der Waals surface area contributed by atoms with Gasteiger partial charge in [-0.2, -0.15) is 0 Å². The van der Waals surface area contributed by atoms with Gasteiger partial charge in [-0.15, -0.1) is 0 Å². The summed E-state index contributed by atoms with van der Waals surface area (Å²) in [5.74, 6) is -0.0789. The van der Waals surface area contributed by atoms with Crippen LogP contribution >= 0.6 is 0 Å². The summed E-state index contributed by atoms with van der Waals surface area (Å²) in [7, 11) is 0. The van der Waals surface area contributed by atoms with Crippen LogP contribution in [0.5, 0.6) is 0 Å². The maximum absolute atomic E-state index is 12.1. The van der Waals surface area contributed by atoms with Crippen molar-refractivity contribution in [2.75, 3.05) is 0 Å². The molecule has 0 saturated carbocycles. The lowest BCUT2D eigenvalue weighted by molar-refractivity contribution is -0.183. The van der Waals surface area contributed by atoms with E-state index in [1.807, 2.05) is 36.4 Å². The summed E-state index contributed by atoms with van der Waals surface area (Å²) in [4.78, 5) is 12.1. The van der Waals surface area contributed by atoms with Crippen LogP contribution in [0, 0.1) is 5.92 Å². The van der Waals surface area contributed by atoms with E-state index in [2.05, 4.69) is 31.2 Å². The second-order valence-corrected chi connectivity index (χ2v) is 6.24. The molecule has 22 heavy (non-hydrogen) atoms. The Morgan fingerprint density at radius 2 is 1.45 bits per heavy atom. The summed E-state index contributed by atoms with van der Waals surface area (Å²) in [6.45, 7) is 2.06. The van der Waals surface area contributed by atoms with Crippen LogP contribution in [0.1, 0.15) is 24.5 Å². The Labute approximate surface area is 131 Å². The van der Waals surface area contributed by atoms with Gasteiger partial charge in [0.1, 0.15) is 0 Å². The van der Waals surface area contributed by atoms with Gasteiger partial charge in [0.25, 0.3) is 0 Å². The van der Waals surface area contributed by atoms with Gasteiger partial charge in [-0.1, -0.05) is 67.6 Å².